The van der Waals surface area contributed by atoms with E-state index in [1.807, 2.05) is 0 Å². The van der Waals surface area contributed by atoms with Crippen LogP contribution in [0, 0.1) is 0 Å². The number of carboxylic acid groups (broad SMARTS) is 1. The van der Waals surface area contributed by atoms with E-state index in [1.165, 1.54) is 11.8 Å². The number of aliphatic hydroxyl groups excluding tert-OH is 1. The summed E-state index contributed by atoms with van der Waals surface area (Å²) < 4.78 is 0. The first-order valence-electron chi connectivity index (χ1n) is 4.44. The summed E-state index contributed by atoms with van der Waals surface area (Å²) >= 11 is 1.34. The van der Waals surface area contributed by atoms with Gasteiger partial charge >= 0.3 is 5.97 Å². The molecule has 0 amide bonds. The number of hydrogen-bond donors (Lipinski definition) is 4. The van der Waals surface area contributed by atoms with Crippen molar-refractivity contribution in [1.29, 1.82) is 0 Å². The maximum Gasteiger partial charge on any atom is 0.321 e. The Labute approximate surface area is 92.7 Å². The van der Waals surface area contributed by atoms with Crippen molar-refractivity contribution in [2.75, 3.05) is 18.1 Å². The molecule has 0 spiro atoms. The molecule has 0 rings (SSSR count). The molecule has 0 saturated carbocycles. The predicted molar refractivity (Wildman–Crippen MR) is 61.1 cm³/mol. The zero-order valence-corrected chi connectivity index (χ0v) is 9.41. The van der Waals surface area contributed by atoms with Crippen molar-refractivity contribution in [3.63, 3.8) is 0 Å². The highest BCUT2D eigenvalue weighted by Crippen LogP contribution is 2.07. The quantitative estimate of drug-likeness (QED) is 0.327. The summed E-state index contributed by atoms with van der Waals surface area (Å²) in [6, 6.07) is -1.17. The highest BCUT2D eigenvalue weighted by atomic mass is 32.2. The van der Waals surface area contributed by atoms with Gasteiger partial charge < -0.3 is 21.7 Å². The number of nitrogens with two attached hydrogens (primary N) is 2. The lowest BCUT2D eigenvalue weighted by Gasteiger charge is -2.10. The number of aliphatic carboxylic acids is 1. The lowest BCUT2D eigenvalue weighted by molar-refractivity contribution is -0.137. The molecule has 0 aliphatic heterocycles. The van der Waals surface area contributed by atoms with Crippen LogP contribution in [0.5, 0.6) is 0 Å². The Bertz CT molecular complexity index is 231. The van der Waals surface area contributed by atoms with Gasteiger partial charge in [0.2, 0.25) is 0 Å². The summed E-state index contributed by atoms with van der Waals surface area (Å²) in [5.74, 6) is 0.176. The van der Waals surface area contributed by atoms with Crippen LogP contribution in [0.3, 0.4) is 0 Å². The van der Waals surface area contributed by atoms with E-state index < -0.39 is 12.0 Å². The molecule has 0 aliphatic carbocycles. The molecule has 6 N–H and O–H groups in total. The molecule has 0 aromatic heterocycles. The fraction of sp³-hybridized carbons (Fsp3) is 0.750. The van der Waals surface area contributed by atoms with Gasteiger partial charge in [0.25, 0.3) is 0 Å². The minimum absolute atomic E-state index is 0.107. The molecular formula is C8H17N3O3S. The summed E-state index contributed by atoms with van der Waals surface area (Å²) in [4.78, 5) is 14.4. The third-order valence-electron chi connectivity index (χ3n) is 1.52. The number of aliphatic hydroxyl groups is 1. The average molecular weight is 235 g/mol. The van der Waals surface area contributed by atoms with Gasteiger partial charge in [0.05, 0.1) is 18.5 Å². The highest BCUT2D eigenvalue weighted by Gasteiger charge is 2.12. The number of carbonyl (C=O) groups is 1. The molecule has 0 fully saturated rings. The summed E-state index contributed by atoms with van der Waals surface area (Å²) in [6.07, 6.45) is 0. The van der Waals surface area contributed by atoms with Crippen LogP contribution < -0.4 is 11.5 Å². The van der Waals surface area contributed by atoms with Gasteiger partial charge in [-0.15, -0.1) is 0 Å². The fourth-order valence-corrected chi connectivity index (χ4v) is 1.81. The van der Waals surface area contributed by atoms with Gasteiger partial charge in [-0.1, -0.05) is 0 Å². The van der Waals surface area contributed by atoms with E-state index >= 15 is 0 Å². The molecule has 0 bridgehead atoms. The van der Waals surface area contributed by atoms with Gasteiger partial charge in [-0.3, -0.25) is 9.79 Å². The van der Waals surface area contributed by atoms with Crippen molar-refractivity contribution < 1.29 is 15.0 Å². The van der Waals surface area contributed by atoms with Crippen molar-refractivity contribution in [1.82, 2.24) is 0 Å². The lowest BCUT2D eigenvalue weighted by Crippen LogP contribution is -2.33. The Hall–Kier alpha value is -0.790. The number of aliphatic imine (C=N–C) groups is 1. The summed E-state index contributed by atoms with van der Waals surface area (Å²) in [5.41, 5.74) is 10.7. The molecule has 2 atom stereocenters. The van der Waals surface area contributed by atoms with Gasteiger partial charge in [-0.25, -0.2) is 0 Å². The highest BCUT2D eigenvalue weighted by molar-refractivity contribution is 7.99. The van der Waals surface area contributed by atoms with Crippen LogP contribution in [0.15, 0.2) is 4.99 Å². The molecule has 0 radical (unpaired) electrons. The zero-order valence-electron chi connectivity index (χ0n) is 8.59. The molecule has 0 heterocycles. The van der Waals surface area contributed by atoms with Crippen molar-refractivity contribution in [3.05, 3.63) is 0 Å². The van der Waals surface area contributed by atoms with Gasteiger partial charge in [0.15, 0.2) is 0 Å². The van der Waals surface area contributed by atoms with E-state index in [9.17, 15) is 4.79 Å². The third-order valence-corrected chi connectivity index (χ3v) is 2.74. The van der Waals surface area contributed by atoms with Gasteiger partial charge in [-0.2, -0.15) is 11.8 Å². The Kier molecular flexibility index (Phi) is 7.10. The molecule has 0 aromatic rings. The summed E-state index contributed by atoms with van der Waals surface area (Å²) in [7, 11) is 0. The Morgan fingerprint density at radius 2 is 2.13 bits per heavy atom. The standard InChI is InChI=1S/C8H17N3O3S/c1-5(9)11-6(2-12)3-15-4-7(10)8(13)14/h6-7,12H,2-4,10H2,1H3,(H2,9,11)(H,13,14). The van der Waals surface area contributed by atoms with E-state index in [0.29, 0.717) is 17.3 Å². The Balaban J connectivity index is 3.82. The molecule has 0 aromatic carbocycles. The molecular weight excluding hydrogens is 218 g/mol. The molecule has 88 valence electrons. The first kappa shape index (κ1) is 14.2. The van der Waals surface area contributed by atoms with Crippen LogP contribution >= 0.6 is 11.8 Å². The van der Waals surface area contributed by atoms with E-state index in [0.717, 1.165) is 0 Å². The second-order valence-electron chi connectivity index (χ2n) is 3.09. The number of nitrogens with zero attached hydrogens (tertiary/aromatic N) is 1. The van der Waals surface area contributed by atoms with Crippen molar-refractivity contribution >= 4 is 23.6 Å². The second-order valence-corrected chi connectivity index (χ2v) is 4.16. The number of thioether (sulfide) groups is 1. The number of carboxylic acids is 1. The van der Waals surface area contributed by atoms with Crippen LogP contribution in [0.1, 0.15) is 6.92 Å². The van der Waals surface area contributed by atoms with Crippen LogP contribution in [-0.4, -0.2) is 52.2 Å². The minimum atomic E-state index is -1.03. The molecule has 15 heavy (non-hydrogen) atoms. The zero-order chi connectivity index (χ0) is 11.8. The largest absolute Gasteiger partial charge is 0.480 e. The fourth-order valence-electron chi connectivity index (χ4n) is 0.821. The Morgan fingerprint density at radius 3 is 2.53 bits per heavy atom. The van der Waals surface area contributed by atoms with Crippen LogP contribution in [0.4, 0.5) is 0 Å². The van der Waals surface area contributed by atoms with Gasteiger partial charge in [0.1, 0.15) is 6.04 Å². The monoisotopic (exact) mass is 235 g/mol. The van der Waals surface area contributed by atoms with Crippen molar-refractivity contribution in [2.24, 2.45) is 16.5 Å². The topological polar surface area (TPSA) is 122 Å². The van der Waals surface area contributed by atoms with E-state index in [4.69, 9.17) is 21.7 Å². The van der Waals surface area contributed by atoms with Crippen molar-refractivity contribution in [2.45, 2.75) is 19.0 Å². The average Bonchev–Trinajstić information content (AvgIpc) is 2.15. The SMILES string of the molecule is CC(N)=NC(CO)CSCC(N)C(=O)O. The Morgan fingerprint density at radius 1 is 1.53 bits per heavy atom. The van der Waals surface area contributed by atoms with Crippen LogP contribution in [0.25, 0.3) is 0 Å². The molecule has 2 unspecified atom stereocenters. The summed E-state index contributed by atoms with van der Waals surface area (Å²) in [6.45, 7) is 1.53. The minimum Gasteiger partial charge on any atom is -0.480 e. The molecule has 0 aliphatic rings. The predicted octanol–water partition coefficient (Wildman–Crippen LogP) is -1.13. The molecule has 6 nitrogen and oxygen atoms in total. The molecule has 0 saturated heterocycles. The second kappa shape index (κ2) is 7.49. The first-order chi connectivity index (χ1) is 6.97. The maximum atomic E-state index is 10.4. The van der Waals surface area contributed by atoms with Gasteiger partial charge in [0, 0.05) is 11.5 Å². The first-order valence-corrected chi connectivity index (χ1v) is 5.59. The van der Waals surface area contributed by atoms with E-state index in [2.05, 4.69) is 4.99 Å². The van der Waals surface area contributed by atoms with E-state index in [-0.39, 0.29) is 12.6 Å². The van der Waals surface area contributed by atoms with Gasteiger partial charge in [-0.05, 0) is 6.92 Å². The van der Waals surface area contributed by atoms with E-state index in [1.54, 1.807) is 6.92 Å². The maximum absolute atomic E-state index is 10.4. The number of hydrogen-bond acceptors (Lipinski definition) is 5. The number of amidine groups is 1. The van der Waals surface area contributed by atoms with Crippen LogP contribution in [-0.2, 0) is 4.79 Å². The van der Waals surface area contributed by atoms with Crippen molar-refractivity contribution in [3.8, 4) is 0 Å². The van der Waals surface area contributed by atoms with Crippen LogP contribution in [0.2, 0.25) is 0 Å². The lowest BCUT2D eigenvalue weighted by atomic mass is 10.4. The summed E-state index contributed by atoms with van der Waals surface area (Å²) in [5, 5.41) is 17.4. The smallest absolute Gasteiger partial charge is 0.321 e. The third kappa shape index (κ3) is 7.18. The number of rotatable bonds is 7. The molecule has 7 heteroatoms. The normalized spacial score (nSPS) is 16.1.